The monoisotopic (exact) mass is 327 g/mol. The molecule has 1 amide bonds. The predicted molar refractivity (Wildman–Crippen MR) is 88.5 cm³/mol. The molecule has 2 aromatic rings. The topological polar surface area (TPSA) is 107 Å². The third-order valence-electron chi connectivity index (χ3n) is 3.32. The minimum Gasteiger partial charge on any atom is -0.504 e. The first kappa shape index (κ1) is 17.1. The number of carboxylic acids is 1. The van der Waals surface area contributed by atoms with E-state index in [1.54, 1.807) is 24.3 Å². The van der Waals surface area contributed by atoms with Crippen LogP contribution in [-0.2, 0) is 16.0 Å². The molecule has 0 heterocycles. The SMILES string of the molecule is O=C(/C=C/c1ccc(O)c(O)c1)N[C@@H](Cc1ccccc1)C(=O)O. The maximum Gasteiger partial charge on any atom is 0.326 e. The lowest BCUT2D eigenvalue weighted by Gasteiger charge is -2.13. The average molecular weight is 327 g/mol. The average Bonchev–Trinajstić information content (AvgIpc) is 2.56. The van der Waals surface area contributed by atoms with Gasteiger partial charge in [0.05, 0.1) is 0 Å². The first-order valence-electron chi connectivity index (χ1n) is 7.23. The van der Waals surface area contributed by atoms with Crippen molar-refractivity contribution in [2.24, 2.45) is 0 Å². The molecule has 2 rings (SSSR count). The summed E-state index contributed by atoms with van der Waals surface area (Å²) in [6.07, 6.45) is 2.76. The Morgan fingerprint density at radius 2 is 1.75 bits per heavy atom. The zero-order chi connectivity index (χ0) is 17.5. The van der Waals surface area contributed by atoms with Crippen molar-refractivity contribution in [2.75, 3.05) is 0 Å². The Labute approximate surface area is 138 Å². The molecule has 0 spiro atoms. The molecule has 0 aliphatic rings. The van der Waals surface area contributed by atoms with Gasteiger partial charge in [-0.15, -0.1) is 0 Å². The number of benzene rings is 2. The van der Waals surface area contributed by atoms with Crippen molar-refractivity contribution in [2.45, 2.75) is 12.5 Å². The van der Waals surface area contributed by atoms with Gasteiger partial charge in [-0.3, -0.25) is 4.79 Å². The molecular formula is C18H17NO5. The number of rotatable bonds is 6. The summed E-state index contributed by atoms with van der Waals surface area (Å²) in [4.78, 5) is 23.2. The summed E-state index contributed by atoms with van der Waals surface area (Å²) in [5.74, 6) is -2.25. The first-order chi connectivity index (χ1) is 11.5. The van der Waals surface area contributed by atoms with E-state index < -0.39 is 17.9 Å². The third-order valence-corrected chi connectivity index (χ3v) is 3.32. The molecule has 0 unspecified atom stereocenters. The zero-order valence-corrected chi connectivity index (χ0v) is 12.7. The molecule has 0 saturated carbocycles. The molecule has 0 aliphatic heterocycles. The number of phenolic OH excluding ortho intramolecular Hbond substituents is 2. The molecule has 0 aromatic heterocycles. The number of carbonyl (C=O) groups is 2. The van der Waals surface area contributed by atoms with Crippen LogP contribution in [0.2, 0.25) is 0 Å². The maximum absolute atomic E-state index is 11.9. The fourth-order valence-electron chi connectivity index (χ4n) is 2.09. The lowest BCUT2D eigenvalue weighted by atomic mass is 10.1. The fourth-order valence-corrected chi connectivity index (χ4v) is 2.09. The third kappa shape index (κ3) is 4.88. The summed E-state index contributed by atoms with van der Waals surface area (Å²) in [5.41, 5.74) is 1.30. The highest BCUT2D eigenvalue weighted by Gasteiger charge is 2.19. The van der Waals surface area contributed by atoms with E-state index in [0.717, 1.165) is 5.56 Å². The summed E-state index contributed by atoms with van der Waals surface area (Å²) in [7, 11) is 0. The van der Waals surface area contributed by atoms with Gasteiger partial charge in [-0.25, -0.2) is 4.79 Å². The lowest BCUT2D eigenvalue weighted by Crippen LogP contribution is -2.41. The molecule has 4 N–H and O–H groups in total. The van der Waals surface area contributed by atoms with Gasteiger partial charge in [0, 0.05) is 12.5 Å². The van der Waals surface area contributed by atoms with Gasteiger partial charge in [-0.05, 0) is 29.3 Å². The standard InChI is InChI=1S/C18H17NO5/c20-15-8-6-13(11-16(15)21)7-9-17(22)19-14(18(23)24)10-12-4-2-1-3-5-12/h1-9,11,14,20-21H,10H2,(H,19,22)(H,23,24)/b9-7+/t14-/m0/s1. The van der Waals surface area contributed by atoms with Gasteiger partial charge in [0.15, 0.2) is 11.5 Å². The van der Waals surface area contributed by atoms with E-state index in [9.17, 15) is 24.9 Å². The highest BCUT2D eigenvalue weighted by atomic mass is 16.4. The van der Waals surface area contributed by atoms with E-state index in [1.165, 1.54) is 30.4 Å². The van der Waals surface area contributed by atoms with Crippen molar-refractivity contribution in [1.82, 2.24) is 5.32 Å². The molecule has 124 valence electrons. The highest BCUT2D eigenvalue weighted by Crippen LogP contribution is 2.25. The molecule has 0 aliphatic carbocycles. The normalized spacial score (nSPS) is 12.0. The van der Waals surface area contributed by atoms with Gasteiger partial charge in [0.25, 0.3) is 0 Å². The largest absolute Gasteiger partial charge is 0.504 e. The Morgan fingerprint density at radius 1 is 1.04 bits per heavy atom. The Hall–Kier alpha value is -3.28. The summed E-state index contributed by atoms with van der Waals surface area (Å²) in [6.45, 7) is 0. The molecule has 6 nitrogen and oxygen atoms in total. The number of carboxylic acid groups (broad SMARTS) is 1. The van der Waals surface area contributed by atoms with Gasteiger partial charge in [0.1, 0.15) is 6.04 Å². The second-order valence-electron chi connectivity index (χ2n) is 5.17. The van der Waals surface area contributed by atoms with Crippen LogP contribution in [0.15, 0.2) is 54.6 Å². The number of carbonyl (C=O) groups excluding carboxylic acids is 1. The van der Waals surface area contributed by atoms with Crippen molar-refractivity contribution < 1.29 is 24.9 Å². The Bertz CT molecular complexity index is 755. The Morgan fingerprint density at radius 3 is 2.38 bits per heavy atom. The van der Waals surface area contributed by atoms with Crippen molar-refractivity contribution in [3.05, 3.63) is 65.7 Å². The van der Waals surface area contributed by atoms with E-state index in [4.69, 9.17) is 0 Å². The van der Waals surface area contributed by atoms with Crippen LogP contribution in [0.4, 0.5) is 0 Å². The molecule has 2 aromatic carbocycles. The van der Waals surface area contributed by atoms with E-state index in [2.05, 4.69) is 5.32 Å². The predicted octanol–water partition coefficient (Wildman–Crippen LogP) is 1.92. The van der Waals surface area contributed by atoms with Crippen molar-refractivity contribution >= 4 is 18.0 Å². The van der Waals surface area contributed by atoms with E-state index in [-0.39, 0.29) is 17.9 Å². The molecular weight excluding hydrogens is 310 g/mol. The van der Waals surface area contributed by atoms with Gasteiger partial charge < -0.3 is 20.6 Å². The van der Waals surface area contributed by atoms with Gasteiger partial charge in [-0.1, -0.05) is 36.4 Å². The van der Waals surface area contributed by atoms with Crippen LogP contribution in [0.5, 0.6) is 11.5 Å². The summed E-state index contributed by atoms with van der Waals surface area (Å²) < 4.78 is 0. The number of phenols is 2. The molecule has 0 bridgehead atoms. The van der Waals surface area contributed by atoms with E-state index in [1.807, 2.05) is 6.07 Å². The molecule has 0 saturated heterocycles. The van der Waals surface area contributed by atoms with E-state index in [0.29, 0.717) is 5.56 Å². The first-order valence-corrected chi connectivity index (χ1v) is 7.23. The van der Waals surface area contributed by atoms with Crippen molar-refractivity contribution in [3.63, 3.8) is 0 Å². The molecule has 0 fully saturated rings. The second-order valence-corrected chi connectivity index (χ2v) is 5.17. The quantitative estimate of drug-likeness (QED) is 0.479. The Balaban J connectivity index is 2.01. The lowest BCUT2D eigenvalue weighted by molar-refractivity contribution is -0.141. The van der Waals surface area contributed by atoms with Crippen LogP contribution >= 0.6 is 0 Å². The van der Waals surface area contributed by atoms with Crippen LogP contribution in [0.1, 0.15) is 11.1 Å². The van der Waals surface area contributed by atoms with Gasteiger partial charge >= 0.3 is 5.97 Å². The van der Waals surface area contributed by atoms with E-state index >= 15 is 0 Å². The second kappa shape index (κ2) is 7.82. The molecule has 6 heteroatoms. The molecule has 24 heavy (non-hydrogen) atoms. The minimum atomic E-state index is -1.12. The van der Waals surface area contributed by atoms with Crippen LogP contribution in [-0.4, -0.2) is 33.2 Å². The highest BCUT2D eigenvalue weighted by molar-refractivity contribution is 5.94. The van der Waals surface area contributed by atoms with Gasteiger partial charge in [-0.2, -0.15) is 0 Å². The van der Waals surface area contributed by atoms with Crippen LogP contribution in [0.25, 0.3) is 6.08 Å². The van der Waals surface area contributed by atoms with Crippen LogP contribution < -0.4 is 5.32 Å². The van der Waals surface area contributed by atoms with Gasteiger partial charge in [0.2, 0.25) is 5.91 Å². The fraction of sp³-hybridized carbons (Fsp3) is 0.111. The zero-order valence-electron chi connectivity index (χ0n) is 12.7. The van der Waals surface area contributed by atoms with Crippen molar-refractivity contribution in [1.29, 1.82) is 0 Å². The number of aliphatic carboxylic acids is 1. The summed E-state index contributed by atoms with van der Waals surface area (Å²) in [6, 6.07) is 12.1. The number of hydrogen-bond donors (Lipinski definition) is 4. The summed E-state index contributed by atoms with van der Waals surface area (Å²) >= 11 is 0. The Kier molecular flexibility index (Phi) is 5.57. The minimum absolute atomic E-state index is 0.176. The number of nitrogens with one attached hydrogen (secondary N) is 1. The number of hydrogen-bond acceptors (Lipinski definition) is 4. The number of aromatic hydroxyl groups is 2. The maximum atomic E-state index is 11.9. The number of amides is 1. The van der Waals surface area contributed by atoms with Crippen LogP contribution in [0.3, 0.4) is 0 Å². The summed E-state index contributed by atoms with van der Waals surface area (Å²) in [5, 5.41) is 30.3. The smallest absolute Gasteiger partial charge is 0.326 e. The van der Waals surface area contributed by atoms with Crippen molar-refractivity contribution in [3.8, 4) is 11.5 Å². The molecule has 1 atom stereocenters. The molecule has 0 radical (unpaired) electrons. The van der Waals surface area contributed by atoms with Crippen LogP contribution in [0, 0.1) is 0 Å².